The van der Waals surface area contributed by atoms with Gasteiger partial charge in [0, 0.05) is 5.56 Å². The van der Waals surface area contributed by atoms with Gasteiger partial charge < -0.3 is 19.6 Å². The van der Waals surface area contributed by atoms with E-state index in [1.807, 2.05) is 36.4 Å². The van der Waals surface area contributed by atoms with Crippen molar-refractivity contribution in [2.24, 2.45) is 5.10 Å². The molecule has 0 fully saturated rings. The van der Waals surface area contributed by atoms with Gasteiger partial charge in [0.2, 0.25) is 0 Å². The topological polar surface area (TPSA) is 52.1 Å². The average molecular weight is 452 g/mol. The van der Waals surface area contributed by atoms with E-state index < -0.39 is 0 Å². The Balaban J connectivity index is 2.05. The quantitative estimate of drug-likeness (QED) is 0.271. The maximum absolute atomic E-state index is 5.65. The molecule has 0 saturated carbocycles. The molecular weight excluding hydrogens is 431 g/mol. The zero-order chi connectivity index (χ0) is 18.1. The van der Waals surface area contributed by atoms with Crippen molar-refractivity contribution in [3.8, 4) is 17.2 Å². The van der Waals surface area contributed by atoms with Crippen molar-refractivity contribution in [2.45, 2.75) is 6.54 Å². The second-order valence-electron chi connectivity index (χ2n) is 5.04. The number of nitrogens with zero attached hydrogens (tertiary/aromatic N) is 1. The number of para-hydroxylation sites is 1. The number of halogens is 1. The summed E-state index contributed by atoms with van der Waals surface area (Å²) in [5.74, 6) is 2.21. The summed E-state index contributed by atoms with van der Waals surface area (Å²) in [5, 5.41) is 4.27. The van der Waals surface area contributed by atoms with Gasteiger partial charge in [0.1, 0.15) is 12.4 Å². The highest BCUT2D eigenvalue weighted by Gasteiger charge is 2.10. The van der Waals surface area contributed by atoms with Crippen LogP contribution in [0.1, 0.15) is 11.1 Å². The predicted octanol–water partition coefficient (Wildman–Crippen LogP) is 4.00. The fourth-order valence-corrected chi connectivity index (χ4v) is 2.98. The molecule has 0 radical (unpaired) electrons. The van der Waals surface area contributed by atoms with Crippen LogP contribution in [0.25, 0.3) is 0 Å². The molecule has 0 aliphatic rings. The summed E-state index contributed by atoms with van der Waals surface area (Å²) >= 11 is 2.22. The maximum atomic E-state index is 5.65. The molecule has 6 heteroatoms. The number of ether oxygens (including phenoxy) is 3. The van der Waals surface area contributed by atoms with E-state index in [9.17, 15) is 0 Å². The molecule has 1 N–H and O–H groups in total. The highest BCUT2D eigenvalue weighted by Crippen LogP contribution is 2.33. The highest BCUT2D eigenvalue weighted by molar-refractivity contribution is 14.1. The second kappa shape index (κ2) is 9.93. The van der Waals surface area contributed by atoms with Gasteiger partial charge in [-0.2, -0.15) is 5.10 Å². The number of nitrogens with one attached hydrogen (secondary N) is 1. The largest absolute Gasteiger partial charge is 0.496 e. The molecule has 0 aliphatic carbocycles. The second-order valence-corrected chi connectivity index (χ2v) is 6.20. The summed E-state index contributed by atoms with van der Waals surface area (Å²) < 4.78 is 17.3. The third-order valence-electron chi connectivity index (χ3n) is 3.36. The van der Waals surface area contributed by atoms with Gasteiger partial charge in [-0.3, -0.25) is 0 Å². The lowest BCUT2D eigenvalue weighted by Gasteiger charge is -2.12. The number of hydrogen-bond acceptors (Lipinski definition) is 5. The van der Waals surface area contributed by atoms with E-state index in [2.05, 4.69) is 39.7 Å². The predicted molar refractivity (Wildman–Crippen MR) is 109 cm³/mol. The lowest BCUT2D eigenvalue weighted by atomic mass is 10.2. The first-order valence-corrected chi connectivity index (χ1v) is 8.76. The van der Waals surface area contributed by atoms with Crippen molar-refractivity contribution in [3.63, 3.8) is 0 Å². The normalized spacial score (nSPS) is 10.5. The standard InChI is InChI=1S/C19H21IN2O3/c1-4-9-25-19-16(20)10-14(11-18(19)24-3)12-21-22-13-15-7-5-6-8-17(15)23-2/h4-8,10-12,22H,1,9,13H2,2-3H3/b21-12+. The van der Waals surface area contributed by atoms with E-state index in [0.29, 0.717) is 24.7 Å². The molecule has 0 aliphatic heterocycles. The van der Waals surface area contributed by atoms with Crippen molar-refractivity contribution >= 4 is 28.8 Å². The Hall–Kier alpha value is -2.22. The Morgan fingerprint density at radius 2 is 1.92 bits per heavy atom. The first-order valence-electron chi connectivity index (χ1n) is 7.68. The zero-order valence-corrected chi connectivity index (χ0v) is 16.4. The van der Waals surface area contributed by atoms with Crippen molar-refractivity contribution < 1.29 is 14.2 Å². The molecule has 2 rings (SSSR count). The molecule has 5 nitrogen and oxygen atoms in total. The van der Waals surface area contributed by atoms with Gasteiger partial charge in [-0.25, -0.2) is 0 Å². The Bertz CT molecular complexity index is 747. The fraction of sp³-hybridized carbons (Fsp3) is 0.211. The first-order chi connectivity index (χ1) is 12.2. The SMILES string of the molecule is C=CCOc1c(I)cc(/C=N/NCc2ccccc2OC)cc1OC. The molecule has 0 heterocycles. The molecule has 0 unspecified atom stereocenters. The molecule has 132 valence electrons. The van der Waals surface area contributed by atoms with Crippen LogP contribution in [0.2, 0.25) is 0 Å². The molecule has 2 aromatic rings. The Morgan fingerprint density at radius 1 is 1.16 bits per heavy atom. The number of methoxy groups -OCH3 is 2. The molecule has 0 saturated heterocycles. The maximum Gasteiger partial charge on any atom is 0.174 e. The van der Waals surface area contributed by atoms with E-state index in [-0.39, 0.29) is 0 Å². The van der Waals surface area contributed by atoms with Gasteiger partial charge >= 0.3 is 0 Å². The summed E-state index contributed by atoms with van der Waals surface area (Å²) in [6.45, 7) is 4.67. The summed E-state index contributed by atoms with van der Waals surface area (Å²) in [5.41, 5.74) is 4.99. The van der Waals surface area contributed by atoms with Crippen LogP contribution < -0.4 is 19.6 Å². The van der Waals surface area contributed by atoms with Crippen molar-refractivity contribution in [1.29, 1.82) is 0 Å². The number of hydrazone groups is 1. The average Bonchev–Trinajstić information content (AvgIpc) is 2.64. The monoisotopic (exact) mass is 452 g/mol. The van der Waals surface area contributed by atoms with Gasteiger partial charge in [0.25, 0.3) is 0 Å². The summed E-state index contributed by atoms with van der Waals surface area (Å²) in [6, 6.07) is 11.7. The summed E-state index contributed by atoms with van der Waals surface area (Å²) in [4.78, 5) is 0. The summed E-state index contributed by atoms with van der Waals surface area (Å²) in [6.07, 6.45) is 3.45. The van der Waals surface area contributed by atoms with Crippen LogP contribution in [-0.2, 0) is 6.54 Å². The minimum Gasteiger partial charge on any atom is -0.496 e. The first kappa shape index (κ1) is 19.1. The van der Waals surface area contributed by atoms with E-state index >= 15 is 0 Å². The van der Waals surface area contributed by atoms with Gasteiger partial charge in [-0.05, 0) is 46.4 Å². The summed E-state index contributed by atoms with van der Waals surface area (Å²) in [7, 11) is 3.28. The van der Waals surface area contributed by atoms with Gasteiger partial charge in [0.05, 0.1) is 30.5 Å². The highest BCUT2D eigenvalue weighted by atomic mass is 127. The van der Waals surface area contributed by atoms with E-state index in [4.69, 9.17) is 14.2 Å². The third kappa shape index (κ3) is 5.38. The van der Waals surface area contributed by atoms with Crippen LogP contribution >= 0.6 is 22.6 Å². The van der Waals surface area contributed by atoms with Gasteiger partial charge in [0.15, 0.2) is 11.5 Å². The molecule has 0 aromatic heterocycles. The third-order valence-corrected chi connectivity index (χ3v) is 4.17. The number of rotatable bonds is 9. The van der Waals surface area contributed by atoms with Crippen molar-refractivity contribution in [1.82, 2.24) is 5.43 Å². The lowest BCUT2D eigenvalue weighted by Crippen LogP contribution is -2.07. The minimum absolute atomic E-state index is 0.431. The van der Waals surface area contributed by atoms with Crippen LogP contribution in [0.3, 0.4) is 0 Å². The Morgan fingerprint density at radius 3 is 2.64 bits per heavy atom. The van der Waals surface area contributed by atoms with Crippen LogP contribution in [-0.4, -0.2) is 27.0 Å². The van der Waals surface area contributed by atoms with Gasteiger partial charge in [-0.1, -0.05) is 30.9 Å². The van der Waals surface area contributed by atoms with E-state index in [1.54, 1.807) is 26.5 Å². The molecule has 0 amide bonds. The molecular formula is C19H21IN2O3. The number of benzene rings is 2. The molecule has 25 heavy (non-hydrogen) atoms. The molecule has 0 bridgehead atoms. The number of hydrogen-bond donors (Lipinski definition) is 1. The molecule has 0 atom stereocenters. The van der Waals surface area contributed by atoms with Crippen LogP contribution in [0, 0.1) is 3.57 Å². The minimum atomic E-state index is 0.431. The van der Waals surface area contributed by atoms with Crippen LogP contribution in [0.15, 0.2) is 54.2 Å². The molecule has 2 aromatic carbocycles. The van der Waals surface area contributed by atoms with Crippen molar-refractivity contribution in [3.05, 3.63) is 63.8 Å². The fourth-order valence-electron chi connectivity index (χ4n) is 2.20. The molecule has 0 spiro atoms. The van der Waals surface area contributed by atoms with Crippen LogP contribution in [0.5, 0.6) is 17.2 Å². The van der Waals surface area contributed by atoms with Crippen molar-refractivity contribution in [2.75, 3.05) is 20.8 Å². The van der Waals surface area contributed by atoms with E-state index in [1.165, 1.54) is 0 Å². The smallest absolute Gasteiger partial charge is 0.174 e. The van der Waals surface area contributed by atoms with Crippen LogP contribution in [0.4, 0.5) is 0 Å². The lowest BCUT2D eigenvalue weighted by molar-refractivity contribution is 0.324. The Labute approximate surface area is 161 Å². The zero-order valence-electron chi connectivity index (χ0n) is 14.3. The Kier molecular flexibility index (Phi) is 7.59. The van der Waals surface area contributed by atoms with Gasteiger partial charge in [-0.15, -0.1) is 0 Å². The van der Waals surface area contributed by atoms with E-state index in [0.717, 1.165) is 20.4 Å².